The molecule has 2 unspecified atom stereocenters. The van der Waals surface area contributed by atoms with Crippen molar-refractivity contribution >= 4 is 0 Å². The maximum Gasteiger partial charge on any atom is 0.118 e. The van der Waals surface area contributed by atoms with Crippen LogP contribution in [0.4, 0.5) is 0 Å². The highest BCUT2D eigenvalue weighted by Crippen LogP contribution is 2.23. The van der Waals surface area contributed by atoms with Crippen molar-refractivity contribution in [3.05, 3.63) is 58.7 Å². The highest BCUT2D eigenvalue weighted by Gasteiger charge is 2.11. The lowest BCUT2D eigenvalue weighted by atomic mass is 10.0. The topological polar surface area (TPSA) is 145 Å². The van der Waals surface area contributed by atoms with Gasteiger partial charge in [-0.25, -0.2) is 0 Å². The first kappa shape index (κ1) is 28.0. The molecule has 2 aromatic carbocycles. The van der Waals surface area contributed by atoms with Gasteiger partial charge >= 0.3 is 0 Å². The van der Waals surface area contributed by atoms with E-state index in [-0.39, 0.29) is 24.7 Å². The summed E-state index contributed by atoms with van der Waals surface area (Å²) in [6.45, 7) is 2.38. The van der Waals surface area contributed by atoms with Gasteiger partial charge in [-0.2, -0.15) is 0 Å². The molecule has 8 heteroatoms. The molecule has 0 saturated heterocycles. The minimum Gasteiger partial charge on any atom is -0.508 e. The Morgan fingerprint density at radius 3 is 1.41 bits per heavy atom. The summed E-state index contributed by atoms with van der Waals surface area (Å²) in [5.74, 6) is 0.268. The number of aliphatic hydroxyl groups excluding tert-OH is 4. The zero-order valence-corrected chi connectivity index (χ0v) is 19.8. The molecule has 0 saturated carbocycles. The molecule has 2 atom stereocenters. The summed E-state index contributed by atoms with van der Waals surface area (Å²) in [6.07, 6.45) is 3.52. The largest absolute Gasteiger partial charge is 0.508 e. The van der Waals surface area contributed by atoms with E-state index < -0.39 is 12.2 Å². The molecule has 2 aromatic rings. The van der Waals surface area contributed by atoms with Gasteiger partial charge in [0.15, 0.2) is 0 Å². The number of benzene rings is 2. The standard InChI is InChI=1S/C26H40N2O6/c29-13-9-21-15-19(5-7-23(21)31)25(33)17-27-11-3-1-2-4-12-28-18-26(34)20-6-8-24(32)22(16-20)10-14-30/h5-8,15-16,25-34H,1-4,9-14,17-18H2. The smallest absolute Gasteiger partial charge is 0.118 e. The van der Waals surface area contributed by atoms with Crippen LogP contribution < -0.4 is 10.6 Å². The minimum atomic E-state index is -0.665. The van der Waals surface area contributed by atoms with E-state index >= 15 is 0 Å². The third kappa shape index (κ3) is 9.58. The maximum atomic E-state index is 10.3. The van der Waals surface area contributed by atoms with Gasteiger partial charge in [0, 0.05) is 26.3 Å². The van der Waals surface area contributed by atoms with Crippen molar-refractivity contribution in [2.75, 3.05) is 39.4 Å². The van der Waals surface area contributed by atoms with Crippen LogP contribution in [0, 0.1) is 0 Å². The number of unbranched alkanes of at least 4 members (excludes halogenated alkanes) is 3. The van der Waals surface area contributed by atoms with Gasteiger partial charge < -0.3 is 41.3 Å². The van der Waals surface area contributed by atoms with Crippen LogP contribution in [-0.2, 0) is 12.8 Å². The first-order valence-electron chi connectivity index (χ1n) is 12.1. The van der Waals surface area contributed by atoms with Crippen LogP contribution in [0.3, 0.4) is 0 Å². The molecule has 0 radical (unpaired) electrons. The van der Waals surface area contributed by atoms with Crippen LogP contribution in [-0.4, -0.2) is 70.0 Å². The Kier molecular flexibility index (Phi) is 12.9. The molecule has 0 aliphatic rings. The summed E-state index contributed by atoms with van der Waals surface area (Å²) in [4.78, 5) is 0. The van der Waals surface area contributed by atoms with Gasteiger partial charge in [-0.05, 0) is 85.3 Å². The lowest BCUT2D eigenvalue weighted by Crippen LogP contribution is -2.23. The van der Waals surface area contributed by atoms with E-state index in [0.29, 0.717) is 37.1 Å². The molecule has 0 fully saturated rings. The van der Waals surface area contributed by atoms with Gasteiger partial charge in [-0.1, -0.05) is 25.0 Å². The summed E-state index contributed by atoms with van der Waals surface area (Å²) in [6, 6.07) is 9.96. The van der Waals surface area contributed by atoms with Crippen LogP contribution in [0.1, 0.15) is 60.1 Å². The molecule has 8 nitrogen and oxygen atoms in total. The molecule has 0 aliphatic heterocycles. The van der Waals surface area contributed by atoms with Gasteiger partial charge in [-0.15, -0.1) is 0 Å². The predicted molar refractivity (Wildman–Crippen MR) is 132 cm³/mol. The molecule has 0 heterocycles. The molecule has 34 heavy (non-hydrogen) atoms. The number of aliphatic hydroxyl groups is 4. The summed E-state index contributed by atoms with van der Waals surface area (Å²) in [7, 11) is 0. The van der Waals surface area contributed by atoms with Crippen molar-refractivity contribution in [3.8, 4) is 11.5 Å². The Balaban J connectivity index is 1.53. The number of rotatable bonds is 17. The lowest BCUT2D eigenvalue weighted by Gasteiger charge is -2.15. The highest BCUT2D eigenvalue weighted by molar-refractivity contribution is 5.38. The van der Waals surface area contributed by atoms with Crippen molar-refractivity contribution in [2.24, 2.45) is 0 Å². The summed E-state index contributed by atoms with van der Waals surface area (Å²) >= 11 is 0. The lowest BCUT2D eigenvalue weighted by molar-refractivity contribution is 0.173. The van der Waals surface area contributed by atoms with E-state index in [9.17, 15) is 20.4 Å². The van der Waals surface area contributed by atoms with Crippen LogP contribution in [0.25, 0.3) is 0 Å². The molecule has 190 valence electrons. The number of phenols is 2. The fourth-order valence-corrected chi connectivity index (χ4v) is 3.83. The fraction of sp³-hybridized carbons (Fsp3) is 0.538. The van der Waals surface area contributed by atoms with E-state index in [2.05, 4.69) is 10.6 Å². The quantitative estimate of drug-likeness (QED) is 0.161. The normalized spacial score (nSPS) is 13.2. The van der Waals surface area contributed by atoms with Gasteiger partial charge in [0.05, 0.1) is 12.2 Å². The molecular formula is C26H40N2O6. The number of hydrogen-bond acceptors (Lipinski definition) is 8. The summed E-state index contributed by atoms with van der Waals surface area (Å²) in [5, 5.41) is 64.8. The Bertz CT molecular complexity index is 779. The summed E-state index contributed by atoms with van der Waals surface area (Å²) < 4.78 is 0. The van der Waals surface area contributed by atoms with Crippen molar-refractivity contribution in [3.63, 3.8) is 0 Å². The second-order valence-corrected chi connectivity index (χ2v) is 8.58. The van der Waals surface area contributed by atoms with Gasteiger partial charge in [0.2, 0.25) is 0 Å². The molecule has 8 N–H and O–H groups in total. The predicted octanol–water partition coefficient (Wildman–Crippen LogP) is 1.67. The molecule has 0 aliphatic carbocycles. The Morgan fingerprint density at radius 2 is 1.03 bits per heavy atom. The van der Waals surface area contributed by atoms with Gasteiger partial charge in [0.25, 0.3) is 0 Å². The Morgan fingerprint density at radius 1 is 0.618 bits per heavy atom. The average Bonchev–Trinajstić information content (AvgIpc) is 2.83. The van der Waals surface area contributed by atoms with Crippen LogP contribution >= 0.6 is 0 Å². The van der Waals surface area contributed by atoms with Crippen LogP contribution in [0.15, 0.2) is 36.4 Å². The SMILES string of the molecule is OCCc1cc(C(O)CNCCCCCCNCC(O)c2ccc(O)c(CCO)c2)ccc1O. The monoisotopic (exact) mass is 476 g/mol. The van der Waals surface area contributed by atoms with Gasteiger partial charge in [-0.3, -0.25) is 0 Å². The van der Waals surface area contributed by atoms with Crippen molar-refractivity contribution in [1.29, 1.82) is 0 Å². The third-order valence-electron chi connectivity index (χ3n) is 5.87. The minimum absolute atomic E-state index is 0.0495. The van der Waals surface area contributed by atoms with E-state index in [1.54, 1.807) is 36.4 Å². The zero-order valence-electron chi connectivity index (χ0n) is 19.8. The zero-order chi connectivity index (χ0) is 24.8. The van der Waals surface area contributed by atoms with Crippen molar-refractivity contribution in [2.45, 2.75) is 50.7 Å². The molecule has 0 bridgehead atoms. The van der Waals surface area contributed by atoms with E-state index in [4.69, 9.17) is 10.2 Å². The molecule has 0 amide bonds. The van der Waals surface area contributed by atoms with E-state index in [0.717, 1.165) is 49.9 Å². The van der Waals surface area contributed by atoms with Gasteiger partial charge in [0.1, 0.15) is 11.5 Å². The number of phenolic OH excluding ortho intramolecular Hbond substituents is 2. The second kappa shape index (κ2) is 15.7. The highest BCUT2D eigenvalue weighted by atomic mass is 16.3. The molecule has 2 rings (SSSR count). The van der Waals surface area contributed by atoms with Crippen molar-refractivity contribution in [1.82, 2.24) is 10.6 Å². The molecule has 0 spiro atoms. The second-order valence-electron chi connectivity index (χ2n) is 8.58. The number of aromatic hydroxyl groups is 2. The molecular weight excluding hydrogens is 436 g/mol. The first-order chi connectivity index (χ1) is 16.5. The summed E-state index contributed by atoms with van der Waals surface area (Å²) in [5.41, 5.74) is 2.71. The maximum absolute atomic E-state index is 10.3. The number of hydrogen-bond donors (Lipinski definition) is 8. The Hall–Kier alpha value is -2.20. The molecule has 0 aromatic heterocycles. The van der Waals surface area contributed by atoms with Crippen LogP contribution in [0.2, 0.25) is 0 Å². The van der Waals surface area contributed by atoms with E-state index in [1.165, 1.54) is 0 Å². The number of nitrogens with one attached hydrogen (secondary N) is 2. The third-order valence-corrected chi connectivity index (χ3v) is 5.87. The van der Waals surface area contributed by atoms with Crippen LogP contribution in [0.5, 0.6) is 11.5 Å². The fourth-order valence-electron chi connectivity index (χ4n) is 3.83. The Labute approximate surface area is 201 Å². The first-order valence-corrected chi connectivity index (χ1v) is 12.1. The van der Waals surface area contributed by atoms with Crippen molar-refractivity contribution < 1.29 is 30.6 Å². The van der Waals surface area contributed by atoms with E-state index in [1.807, 2.05) is 0 Å². The average molecular weight is 477 g/mol.